The molecule has 1 rings (SSSR count). The van der Waals surface area contributed by atoms with E-state index < -0.39 is 0 Å². The summed E-state index contributed by atoms with van der Waals surface area (Å²) in [4.78, 5) is 11.6. The Labute approximate surface area is 115 Å². The van der Waals surface area contributed by atoms with Gasteiger partial charge in [-0.3, -0.25) is 0 Å². The summed E-state index contributed by atoms with van der Waals surface area (Å²) in [6, 6.07) is 3.50. The van der Waals surface area contributed by atoms with Crippen LogP contribution in [-0.2, 0) is 11.2 Å². The topological polar surface area (TPSA) is 35.5 Å². The summed E-state index contributed by atoms with van der Waals surface area (Å²) in [6.07, 6.45) is 0.687. The van der Waals surface area contributed by atoms with Crippen LogP contribution >= 0.6 is 22.6 Å². The molecule has 0 heterocycles. The molecule has 92 valence electrons. The third kappa shape index (κ3) is 3.21. The second kappa shape index (κ2) is 6.05. The summed E-state index contributed by atoms with van der Waals surface area (Å²) in [7, 11) is 2.99. The Hall–Kier alpha value is -1.04. The van der Waals surface area contributed by atoms with Crippen LogP contribution < -0.4 is 4.74 Å². The van der Waals surface area contributed by atoms with Crippen molar-refractivity contribution in [2.45, 2.75) is 13.3 Å². The predicted molar refractivity (Wildman–Crippen MR) is 75.6 cm³/mol. The highest BCUT2D eigenvalue weighted by atomic mass is 127. The van der Waals surface area contributed by atoms with E-state index in [2.05, 4.69) is 29.2 Å². The fourth-order valence-electron chi connectivity index (χ4n) is 1.53. The first kappa shape index (κ1) is 14.0. The lowest BCUT2D eigenvalue weighted by atomic mass is 10.0. The number of benzene rings is 1. The minimum Gasteiger partial charge on any atom is -0.496 e. The van der Waals surface area contributed by atoms with E-state index in [1.54, 1.807) is 19.2 Å². The maximum Gasteiger partial charge on any atom is 0.338 e. The number of rotatable bonds is 4. The summed E-state index contributed by atoms with van der Waals surface area (Å²) in [6.45, 7) is 5.83. The van der Waals surface area contributed by atoms with Gasteiger partial charge in [-0.25, -0.2) is 4.79 Å². The van der Waals surface area contributed by atoms with Crippen LogP contribution in [0, 0.1) is 3.57 Å². The minimum atomic E-state index is -0.333. The van der Waals surface area contributed by atoms with E-state index in [1.165, 1.54) is 7.11 Å². The number of hydrogen-bond acceptors (Lipinski definition) is 3. The van der Waals surface area contributed by atoms with Crippen molar-refractivity contribution >= 4 is 28.6 Å². The van der Waals surface area contributed by atoms with Gasteiger partial charge in [0.05, 0.1) is 19.8 Å². The number of carbonyl (C=O) groups excluding carboxylic acids is 1. The summed E-state index contributed by atoms with van der Waals surface area (Å²) < 4.78 is 10.9. The normalized spacial score (nSPS) is 9.88. The van der Waals surface area contributed by atoms with Crippen LogP contribution in [0.15, 0.2) is 24.3 Å². The Kier molecular flexibility index (Phi) is 4.99. The third-order valence-corrected chi connectivity index (χ3v) is 3.54. The van der Waals surface area contributed by atoms with Crippen molar-refractivity contribution in [3.63, 3.8) is 0 Å². The highest BCUT2D eigenvalue weighted by molar-refractivity contribution is 14.1. The Balaban J connectivity index is 3.31. The summed E-state index contributed by atoms with van der Waals surface area (Å²) in [5.41, 5.74) is 2.55. The highest BCUT2D eigenvalue weighted by Gasteiger charge is 2.17. The monoisotopic (exact) mass is 346 g/mol. The zero-order valence-electron chi connectivity index (χ0n) is 10.2. The van der Waals surface area contributed by atoms with Crippen LogP contribution in [0.5, 0.6) is 5.75 Å². The largest absolute Gasteiger partial charge is 0.496 e. The van der Waals surface area contributed by atoms with Crippen LogP contribution in [0.2, 0.25) is 0 Å². The molecule has 0 saturated carbocycles. The number of esters is 1. The first-order chi connectivity index (χ1) is 8.01. The van der Waals surface area contributed by atoms with Crippen molar-refractivity contribution in [2.24, 2.45) is 0 Å². The van der Waals surface area contributed by atoms with Crippen molar-refractivity contribution in [2.75, 3.05) is 14.2 Å². The molecule has 3 nitrogen and oxygen atoms in total. The predicted octanol–water partition coefficient (Wildman–Crippen LogP) is 3.21. The smallest absolute Gasteiger partial charge is 0.338 e. The van der Waals surface area contributed by atoms with Gasteiger partial charge in [-0.2, -0.15) is 0 Å². The van der Waals surface area contributed by atoms with Crippen molar-refractivity contribution in [1.82, 2.24) is 0 Å². The molecule has 0 atom stereocenters. The third-order valence-electron chi connectivity index (χ3n) is 2.30. The SMILES string of the molecule is C=C(C)Cc1c(OC)ccc(C(=O)OC)c1I. The molecule has 4 heteroatoms. The molecular weight excluding hydrogens is 331 g/mol. The van der Waals surface area contributed by atoms with Crippen molar-refractivity contribution < 1.29 is 14.3 Å². The lowest BCUT2D eigenvalue weighted by Gasteiger charge is -2.13. The van der Waals surface area contributed by atoms with Crippen LogP contribution in [-0.4, -0.2) is 20.2 Å². The zero-order chi connectivity index (χ0) is 13.0. The number of halogens is 1. The average molecular weight is 346 g/mol. The molecule has 0 aromatic heterocycles. The molecule has 0 aliphatic carbocycles. The van der Waals surface area contributed by atoms with Gasteiger partial charge >= 0.3 is 5.97 Å². The highest BCUT2D eigenvalue weighted by Crippen LogP contribution is 2.29. The van der Waals surface area contributed by atoms with Gasteiger partial charge in [0, 0.05) is 9.13 Å². The fraction of sp³-hybridized carbons (Fsp3) is 0.308. The molecule has 17 heavy (non-hydrogen) atoms. The number of hydrogen-bond donors (Lipinski definition) is 0. The quantitative estimate of drug-likeness (QED) is 0.477. The van der Waals surface area contributed by atoms with Crippen molar-refractivity contribution in [1.29, 1.82) is 0 Å². The molecular formula is C13H15IO3. The van der Waals surface area contributed by atoms with Crippen LogP contribution in [0.4, 0.5) is 0 Å². The summed E-state index contributed by atoms with van der Waals surface area (Å²) in [5, 5.41) is 0. The Morgan fingerprint density at radius 3 is 2.53 bits per heavy atom. The Morgan fingerprint density at radius 1 is 1.41 bits per heavy atom. The molecule has 0 N–H and O–H groups in total. The van der Waals surface area contributed by atoms with E-state index in [1.807, 2.05) is 6.92 Å². The zero-order valence-corrected chi connectivity index (χ0v) is 12.3. The van der Waals surface area contributed by atoms with Crippen molar-refractivity contribution in [3.05, 3.63) is 39.0 Å². The van der Waals surface area contributed by atoms with Crippen LogP contribution in [0.1, 0.15) is 22.8 Å². The van der Waals surface area contributed by atoms with Gasteiger partial charge in [0.2, 0.25) is 0 Å². The van der Waals surface area contributed by atoms with Gasteiger partial charge in [0.25, 0.3) is 0 Å². The number of allylic oxidation sites excluding steroid dienone is 1. The van der Waals surface area contributed by atoms with E-state index in [0.717, 1.165) is 20.5 Å². The van der Waals surface area contributed by atoms with Crippen LogP contribution in [0.25, 0.3) is 0 Å². The molecule has 1 aromatic carbocycles. The van der Waals surface area contributed by atoms with Gasteiger partial charge in [-0.05, 0) is 48.1 Å². The molecule has 0 aliphatic heterocycles. The molecule has 0 aliphatic rings. The second-order valence-corrected chi connectivity index (χ2v) is 4.81. The fourth-order valence-corrected chi connectivity index (χ4v) is 2.39. The number of carbonyl (C=O) groups is 1. The molecule has 0 unspecified atom stereocenters. The lowest BCUT2D eigenvalue weighted by Crippen LogP contribution is -2.07. The van der Waals surface area contributed by atoms with Gasteiger partial charge in [0.1, 0.15) is 5.75 Å². The van der Waals surface area contributed by atoms with E-state index in [-0.39, 0.29) is 5.97 Å². The van der Waals surface area contributed by atoms with Gasteiger partial charge in [-0.1, -0.05) is 12.2 Å². The first-order valence-corrected chi connectivity index (χ1v) is 6.17. The average Bonchev–Trinajstić information content (AvgIpc) is 2.30. The van der Waals surface area contributed by atoms with Gasteiger partial charge in [0.15, 0.2) is 0 Å². The Bertz CT molecular complexity index is 452. The first-order valence-electron chi connectivity index (χ1n) is 5.09. The molecule has 0 spiro atoms. The maximum absolute atomic E-state index is 11.6. The van der Waals surface area contributed by atoms with E-state index in [0.29, 0.717) is 12.0 Å². The maximum atomic E-state index is 11.6. The van der Waals surface area contributed by atoms with Crippen LogP contribution in [0.3, 0.4) is 0 Å². The second-order valence-electron chi connectivity index (χ2n) is 3.73. The summed E-state index contributed by atoms with van der Waals surface area (Å²) >= 11 is 2.14. The number of methoxy groups -OCH3 is 2. The van der Waals surface area contributed by atoms with Gasteiger partial charge < -0.3 is 9.47 Å². The van der Waals surface area contributed by atoms with Gasteiger partial charge in [-0.15, -0.1) is 0 Å². The lowest BCUT2D eigenvalue weighted by molar-refractivity contribution is 0.0599. The van der Waals surface area contributed by atoms with E-state index >= 15 is 0 Å². The molecule has 0 bridgehead atoms. The Morgan fingerprint density at radius 2 is 2.06 bits per heavy atom. The van der Waals surface area contributed by atoms with E-state index in [4.69, 9.17) is 9.47 Å². The molecule has 0 saturated heterocycles. The van der Waals surface area contributed by atoms with E-state index in [9.17, 15) is 4.79 Å². The molecule has 0 amide bonds. The minimum absolute atomic E-state index is 0.333. The molecule has 0 radical (unpaired) electrons. The standard InChI is InChI=1S/C13H15IO3/c1-8(2)7-10-11(16-3)6-5-9(12(10)14)13(15)17-4/h5-6H,1,7H2,2-4H3. The molecule has 0 fully saturated rings. The number of ether oxygens (including phenoxy) is 2. The van der Waals surface area contributed by atoms with Crippen molar-refractivity contribution in [3.8, 4) is 5.75 Å². The molecule has 1 aromatic rings. The summed E-state index contributed by atoms with van der Waals surface area (Å²) in [5.74, 6) is 0.435.